The molecular weight excluding hydrogens is 397 g/mol. The Kier molecular flexibility index (Phi) is 5.42. The van der Waals surface area contributed by atoms with Gasteiger partial charge in [-0.15, -0.1) is 5.10 Å². The third kappa shape index (κ3) is 4.41. The van der Waals surface area contributed by atoms with Gasteiger partial charge in [0, 0.05) is 11.4 Å². The van der Waals surface area contributed by atoms with E-state index in [1.807, 2.05) is 18.2 Å². The monoisotopic (exact) mass is 420 g/mol. The highest BCUT2D eigenvalue weighted by Crippen LogP contribution is 2.34. The normalized spacial score (nSPS) is 22.4. The lowest BCUT2D eigenvalue weighted by atomic mass is 9.77. The minimum absolute atomic E-state index is 0.211. The molecule has 0 spiro atoms. The van der Waals surface area contributed by atoms with Crippen LogP contribution in [0.15, 0.2) is 42.5 Å². The molecule has 0 saturated heterocycles. The number of aliphatic hydroxyl groups is 2. The Morgan fingerprint density at radius 1 is 1.10 bits per heavy atom. The Morgan fingerprint density at radius 3 is 2.43 bits per heavy atom. The minimum atomic E-state index is -4.37. The molecule has 2 heterocycles. The summed E-state index contributed by atoms with van der Waals surface area (Å²) in [6.07, 6.45) is -0.829. The lowest BCUT2D eigenvalue weighted by molar-refractivity contribution is -0.137. The summed E-state index contributed by atoms with van der Waals surface area (Å²) in [5, 5.41) is 26.9. The molecule has 1 aliphatic carbocycles. The summed E-state index contributed by atoms with van der Waals surface area (Å²) < 4.78 is 39.9. The first-order valence-electron chi connectivity index (χ1n) is 9.88. The van der Waals surface area contributed by atoms with Crippen LogP contribution in [0, 0.1) is 5.92 Å². The van der Waals surface area contributed by atoms with Gasteiger partial charge in [0.1, 0.15) is 0 Å². The zero-order chi connectivity index (χ0) is 21.4. The number of pyridine rings is 1. The van der Waals surface area contributed by atoms with Gasteiger partial charge >= 0.3 is 6.18 Å². The van der Waals surface area contributed by atoms with E-state index >= 15 is 0 Å². The van der Waals surface area contributed by atoms with E-state index in [1.54, 1.807) is 4.52 Å². The molecule has 3 aromatic rings. The van der Waals surface area contributed by atoms with E-state index in [-0.39, 0.29) is 6.61 Å². The molecule has 0 amide bonds. The minimum Gasteiger partial charge on any atom is -0.393 e. The number of hydrogen-bond acceptors (Lipinski definition) is 5. The fourth-order valence-electron chi connectivity index (χ4n) is 3.91. The largest absolute Gasteiger partial charge is 0.416 e. The van der Waals surface area contributed by atoms with Gasteiger partial charge in [-0.1, -0.05) is 6.07 Å². The molecule has 1 aromatic carbocycles. The molecule has 0 atom stereocenters. The highest BCUT2D eigenvalue weighted by molar-refractivity contribution is 5.56. The van der Waals surface area contributed by atoms with Gasteiger partial charge < -0.3 is 15.5 Å². The van der Waals surface area contributed by atoms with Crippen molar-refractivity contribution in [1.29, 1.82) is 0 Å². The number of halogens is 3. The molecule has 2 aromatic heterocycles. The van der Waals surface area contributed by atoms with Gasteiger partial charge in [0.15, 0.2) is 5.65 Å². The second-order valence-corrected chi connectivity index (χ2v) is 7.95. The number of hydrogen-bond donors (Lipinski definition) is 3. The van der Waals surface area contributed by atoms with E-state index in [0.717, 1.165) is 37.1 Å². The zero-order valence-corrected chi connectivity index (χ0v) is 16.2. The van der Waals surface area contributed by atoms with Crippen LogP contribution in [0.25, 0.3) is 5.65 Å². The van der Waals surface area contributed by atoms with E-state index in [1.165, 1.54) is 12.1 Å². The molecule has 1 aliphatic rings. The van der Waals surface area contributed by atoms with Crippen LogP contribution in [-0.4, -0.2) is 37.0 Å². The van der Waals surface area contributed by atoms with Crippen LogP contribution < -0.4 is 5.32 Å². The highest BCUT2D eigenvalue weighted by Gasteiger charge is 2.33. The zero-order valence-electron chi connectivity index (χ0n) is 16.2. The SMILES string of the molecule is OCC1(O)CCC(Cc2cccc3nc(Nc4ccc(C(F)(F)F)cc4)nn23)CC1. The van der Waals surface area contributed by atoms with Crippen LogP contribution in [0.5, 0.6) is 0 Å². The number of rotatable bonds is 5. The number of benzene rings is 1. The third-order valence-electron chi connectivity index (χ3n) is 5.73. The summed E-state index contributed by atoms with van der Waals surface area (Å²) in [7, 11) is 0. The Bertz CT molecular complexity index is 1010. The smallest absolute Gasteiger partial charge is 0.393 e. The van der Waals surface area contributed by atoms with E-state index in [0.29, 0.717) is 36.0 Å². The van der Waals surface area contributed by atoms with Crippen molar-refractivity contribution in [2.45, 2.75) is 43.9 Å². The Morgan fingerprint density at radius 2 is 1.80 bits per heavy atom. The van der Waals surface area contributed by atoms with Crippen LogP contribution in [0.4, 0.5) is 24.8 Å². The first-order chi connectivity index (χ1) is 14.3. The Hall–Kier alpha value is -2.65. The number of anilines is 2. The molecule has 3 N–H and O–H groups in total. The molecule has 0 aliphatic heterocycles. The van der Waals surface area contributed by atoms with Crippen molar-refractivity contribution >= 4 is 17.3 Å². The van der Waals surface area contributed by atoms with E-state index < -0.39 is 17.3 Å². The maximum Gasteiger partial charge on any atom is 0.416 e. The molecule has 160 valence electrons. The van der Waals surface area contributed by atoms with Crippen molar-refractivity contribution < 1.29 is 23.4 Å². The Labute approximate surface area is 171 Å². The maximum absolute atomic E-state index is 12.7. The molecule has 30 heavy (non-hydrogen) atoms. The van der Waals surface area contributed by atoms with Crippen LogP contribution in [-0.2, 0) is 12.6 Å². The summed E-state index contributed by atoms with van der Waals surface area (Å²) in [6, 6.07) is 10.4. The number of aliphatic hydroxyl groups excluding tert-OH is 1. The van der Waals surface area contributed by atoms with Crippen molar-refractivity contribution in [1.82, 2.24) is 14.6 Å². The van der Waals surface area contributed by atoms with Crippen LogP contribution in [0.2, 0.25) is 0 Å². The van der Waals surface area contributed by atoms with Crippen molar-refractivity contribution in [3.05, 3.63) is 53.7 Å². The lowest BCUT2D eigenvalue weighted by Gasteiger charge is -2.34. The lowest BCUT2D eigenvalue weighted by Crippen LogP contribution is -2.38. The Balaban J connectivity index is 1.48. The summed E-state index contributed by atoms with van der Waals surface area (Å²) in [5.74, 6) is 0.679. The average molecular weight is 420 g/mol. The summed E-state index contributed by atoms with van der Waals surface area (Å²) in [5.41, 5.74) is 0.411. The van der Waals surface area contributed by atoms with E-state index in [2.05, 4.69) is 15.4 Å². The maximum atomic E-state index is 12.7. The fraction of sp³-hybridized carbons (Fsp3) is 0.429. The second kappa shape index (κ2) is 7.88. The summed E-state index contributed by atoms with van der Waals surface area (Å²) >= 11 is 0. The predicted octanol–water partition coefficient (Wildman–Crippen LogP) is 3.95. The van der Waals surface area contributed by atoms with Gasteiger partial charge in [-0.05, 0) is 74.4 Å². The summed E-state index contributed by atoms with van der Waals surface area (Å²) in [6.45, 7) is -0.211. The van der Waals surface area contributed by atoms with Crippen molar-refractivity contribution in [2.24, 2.45) is 5.92 Å². The van der Waals surface area contributed by atoms with Gasteiger partial charge in [0.05, 0.1) is 17.8 Å². The predicted molar refractivity (Wildman–Crippen MR) is 105 cm³/mol. The molecule has 4 rings (SSSR count). The highest BCUT2D eigenvalue weighted by atomic mass is 19.4. The number of fused-ring (bicyclic) bond motifs is 1. The van der Waals surface area contributed by atoms with Gasteiger partial charge in [0.25, 0.3) is 0 Å². The van der Waals surface area contributed by atoms with E-state index in [9.17, 15) is 23.4 Å². The molecule has 9 heteroatoms. The molecule has 0 unspecified atom stereocenters. The van der Waals surface area contributed by atoms with Gasteiger partial charge in [-0.3, -0.25) is 0 Å². The molecule has 6 nitrogen and oxygen atoms in total. The fourth-order valence-corrected chi connectivity index (χ4v) is 3.91. The average Bonchev–Trinajstić information content (AvgIpc) is 3.13. The number of nitrogens with zero attached hydrogens (tertiary/aromatic N) is 3. The molecular formula is C21H23F3N4O2. The van der Waals surface area contributed by atoms with Crippen LogP contribution in [0.1, 0.15) is 36.9 Å². The van der Waals surface area contributed by atoms with Crippen molar-refractivity contribution in [2.75, 3.05) is 11.9 Å². The van der Waals surface area contributed by atoms with Crippen LogP contribution in [0.3, 0.4) is 0 Å². The number of aromatic nitrogens is 3. The van der Waals surface area contributed by atoms with Gasteiger partial charge in [0.2, 0.25) is 5.95 Å². The number of alkyl halides is 3. The summed E-state index contributed by atoms with van der Waals surface area (Å²) in [4.78, 5) is 4.41. The second-order valence-electron chi connectivity index (χ2n) is 7.95. The molecule has 1 saturated carbocycles. The standard InChI is InChI=1S/C21H23F3N4O2/c22-21(23,24)15-4-6-16(7-5-15)25-19-26-18-3-1-2-17(28(18)27-19)12-14-8-10-20(30,13-29)11-9-14/h1-7,14,29-30H,8-13H2,(H,25,27). The van der Waals surface area contributed by atoms with Gasteiger partial charge in [-0.2, -0.15) is 18.2 Å². The molecule has 1 fully saturated rings. The van der Waals surface area contributed by atoms with E-state index in [4.69, 9.17) is 0 Å². The topological polar surface area (TPSA) is 82.7 Å². The number of nitrogens with one attached hydrogen (secondary N) is 1. The first kappa shape index (κ1) is 20.6. The first-order valence-corrected chi connectivity index (χ1v) is 9.88. The van der Waals surface area contributed by atoms with Crippen LogP contribution >= 0.6 is 0 Å². The van der Waals surface area contributed by atoms with Gasteiger partial charge in [-0.25, -0.2) is 4.52 Å². The quantitative estimate of drug-likeness (QED) is 0.582. The van der Waals surface area contributed by atoms with Crippen molar-refractivity contribution in [3.8, 4) is 0 Å². The third-order valence-corrected chi connectivity index (χ3v) is 5.73. The molecule has 0 bridgehead atoms. The van der Waals surface area contributed by atoms with Crippen molar-refractivity contribution in [3.63, 3.8) is 0 Å². The molecule has 0 radical (unpaired) electrons.